The lowest BCUT2D eigenvalue weighted by Crippen LogP contribution is -2.25. The Morgan fingerprint density at radius 3 is 2.39 bits per heavy atom. The Morgan fingerprint density at radius 1 is 1.09 bits per heavy atom. The molecule has 0 aliphatic heterocycles. The summed E-state index contributed by atoms with van der Waals surface area (Å²) in [5.74, 6) is -1.66. The van der Waals surface area contributed by atoms with Crippen LogP contribution in [0.3, 0.4) is 0 Å². The zero-order valence-electron chi connectivity index (χ0n) is 17.8. The number of nitrogens with one attached hydrogen (secondary N) is 1. The third kappa shape index (κ3) is 4.65. The van der Waals surface area contributed by atoms with Crippen molar-refractivity contribution in [1.29, 1.82) is 0 Å². The van der Waals surface area contributed by atoms with Crippen molar-refractivity contribution in [2.75, 3.05) is 10.5 Å². The van der Waals surface area contributed by atoms with Crippen LogP contribution < -0.4 is 16.0 Å². The van der Waals surface area contributed by atoms with Gasteiger partial charge in [0.25, 0.3) is 5.56 Å². The second-order valence-corrected chi connectivity index (χ2v) is 8.45. The van der Waals surface area contributed by atoms with E-state index < -0.39 is 17.2 Å². The maximum absolute atomic E-state index is 14.8. The van der Waals surface area contributed by atoms with Gasteiger partial charge in [-0.3, -0.25) is 9.36 Å². The highest BCUT2D eigenvalue weighted by molar-refractivity contribution is 7.99. The Bertz CT molecular complexity index is 1370. The number of pyridine rings is 1. The van der Waals surface area contributed by atoms with E-state index >= 15 is 0 Å². The van der Waals surface area contributed by atoms with Crippen molar-refractivity contribution in [1.82, 2.24) is 14.5 Å². The summed E-state index contributed by atoms with van der Waals surface area (Å²) in [5.41, 5.74) is 6.25. The van der Waals surface area contributed by atoms with Crippen molar-refractivity contribution in [2.45, 2.75) is 25.6 Å². The first kappa shape index (κ1) is 22.7. The number of halogens is 3. The smallest absolute Gasteiger partial charge is 0.260 e. The van der Waals surface area contributed by atoms with Crippen LogP contribution in [0.25, 0.3) is 22.2 Å². The summed E-state index contributed by atoms with van der Waals surface area (Å²) in [5, 5.41) is 0.519. The van der Waals surface area contributed by atoms with Gasteiger partial charge in [-0.15, -0.1) is 0 Å². The molecule has 2 aromatic carbocycles. The van der Waals surface area contributed by atoms with Crippen LogP contribution in [0.2, 0.25) is 0 Å². The Morgan fingerprint density at radius 2 is 1.76 bits per heavy atom. The van der Waals surface area contributed by atoms with Crippen LogP contribution in [0.15, 0.2) is 53.5 Å². The molecule has 170 valence electrons. The van der Waals surface area contributed by atoms with Gasteiger partial charge in [0.2, 0.25) is 5.95 Å². The molecule has 6 nitrogen and oxygen atoms in total. The van der Waals surface area contributed by atoms with E-state index in [1.54, 1.807) is 26.0 Å². The van der Waals surface area contributed by atoms with Crippen molar-refractivity contribution in [3.05, 3.63) is 82.0 Å². The highest BCUT2D eigenvalue weighted by atomic mass is 32.2. The molecule has 0 fully saturated rings. The topological polar surface area (TPSA) is 85.8 Å². The van der Waals surface area contributed by atoms with Gasteiger partial charge in [0.05, 0.1) is 0 Å². The van der Waals surface area contributed by atoms with Gasteiger partial charge in [-0.2, -0.15) is 4.98 Å². The van der Waals surface area contributed by atoms with E-state index in [9.17, 15) is 18.0 Å². The molecule has 0 spiro atoms. The Balaban J connectivity index is 1.67. The largest absolute Gasteiger partial charge is 0.368 e. The van der Waals surface area contributed by atoms with Crippen LogP contribution in [0.4, 0.5) is 24.8 Å². The molecule has 4 aromatic rings. The number of anilines is 2. The Hall–Kier alpha value is -3.53. The van der Waals surface area contributed by atoms with Crippen molar-refractivity contribution in [2.24, 2.45) is 0 Å². The van der Waals surface area contributed by atoms with Crippen LogP contribution in [0.5, 0.6) is 0 Å². The molecule has 0 aliphatic carbocycles. The van der Waals surface area contributed by atoms with Crippen LogP contribution in [-0.2, 0) is 5.75 Å². The van der Waals surface area contributed by atoms with E-state index in [2.05, 4.69) is 14.7 Å². The average Bonchev–Trinajstić information content (AvgIpc) is 2.76. The first-order valence-corrected chi connectivity index (χ1v) is 11.0. The monoisotopic (exact) mass is 471 g/mol. The number of nitrogens with two attached hydrogens (primary N) is 1. The second kappa shape index (κ2) is 9.14. The molecule has 0 atom stereocenters. The Kier molecular flexibility index (Phi) is 6.28. The number of nitrogen functional groups attached to an aromatic ring is 1. The molecular formula is C23H20F3N5OS. The van der Waals surface area contributed by atoms with Gasteiger partial charge >= 0.3 is 0 Å². The van der Waals surface area contributed by atoms with Crippen molar-refractivity contribution in [3.63, 3.8) is 0 Å². The minimum absolute atomic E-state index is 0.0229. The lowest BCUT2D eigenvalue weighted by molar-refractivity contribution is 0.590. The minimum atomic E-state index is -0.847. The number of rotatable bonds is 6. The zero-order chi connectivity index (χ0) is 23.7. The third-order valence-electron chi connectivity index (χ3n) is 4.99. The Labute approximate surface area is 191 Å². The predicted molar refractivity (Wildman–Crippen MR) is 125 cm³/mol. The van der Waals surface area contributed by atoms with Crippen molar-refractivity contribution < 1.29 is 13.2 Å². The van der Waals surface area contributed by atoms with Gasteiger partial charge in [-0.1, -0.05) is 12.1 Å². The molecule has 10 heteroatoms. The summed E-state index contributed by atoms with van der Waals surface area (Å²) in [4.78, 5) is 21.3. The van der Waals surface area contributed by atoms with Gasteiger partial charge in [0.15, 0.2) is 11.6 Å². The van der Waals surface area contributed by atoms with E-state index in [1.807, 2.05) is 0 Å². The first-order valence-electron chi connectivity index (χ1n) is 10.0. The fourth-order valence-electron chi connectivity index (χ4n) is 3.42. The molecule has 4 rings (SSSR count). The first-order chi connectivity index (χ1) is 15.7. The predicted octanol–water partition coefficient (Wildman–Crippen LogP) is 5.30. The van der Waals surface area contributed by atoms with Gasteiger partial charge in [-0.25, -0.2) is 18.2 Å². The highest BCUT2D eigenvalue weighted by Gasteiger charge is 2.18. The molecule has 0 aliphatic rings. The maximum Gasteiger partial charge on any atom is 0.260 e. The molecule has 33 heavy (non-hydrogen) atoms. The van der Waals surface area contributed by atoms with Gasteiger partial charge in [0.1, 0.15) is 17.2 Å². The van der Waals surface area contributed by atoms with Gasteiger partial charge in [-0.05, 0) is 67.3 Å². The second-order valence-electron chi connectivity index (χ2n) is 7.67. The quantitative estimate of drug-likeness (QED) is 0.371. The number of hydrogen-bond acceptors (Lipinski definition) is 6. The molecule has 0 unspecified atom stereocenters. The molecule has 2 aromatic heterocycles. The lowest BCUT2D eigenvalue weighted by Gasteiger charge is -2.16. The number of nitrogens with zero attached hydrogens (tertiary/aromatic N) is 3. The summed E-state index contributed by atoms with van der Waals surface area (Å²) in [6.07, 6.45) is 1.47. The summed E-state index contributed by atoms with van der Waals surface area (Å²) >= 11 is 1.06. The lowest BCUT2D eigenvalue weighted by atomic mass is 10.0. The summed E-state index contributed by atoms with van der Waals surface area (Å²) in [6.45, 7) is 3.60. The van der Waals surface area contributed by atoms with Crippen LogP contribution >= 0.6 is 11.9 Å². The number of aromatic nitrogens is 3. The van der Waals surface area contributed by atoms with E-state index in [-0.39, 0.29) is 34.6 Å². The number of fused-ring (bicyclic) bond motifs is 1. The average molecular weight is 472 g/mol. The van der Waals surface area contributed by atoms with E-state index in [0.717, 1.165) is 29.6 Å². The molecule has 0 radical (unpaired) electrons. The standard InChI is InChI=1S/C23H20F3N5OS/c1-12(2)31-21-15(10-28-23(27)29-21)7-17(22(31)32)14-8-18(25)20(19(26)9-14)30-33-11-13-3-5-16(24)6-4-13/h3-10,12,30H,11H2,1-2H3,(H2,27,28,29). The molecular weight excluding hydrogens is 451 g/mol. The fraction of sp³-hybridized carbons (Fsp3) is 0.174. The highest BCUT2D eigenvalue weighted by Crippen LogP contribution is 2.30. The van der Waals surface area contributed by atoms with Crippen LogP contribution in [0.1, 0.15) is 25.5 Å². The summed E-state index contributed by atoms with van der Waals surface area (Å²) < 4.78 is 46.7. The SMILES string of the molecule is CC(C)n1c(=O)c(-c2cc(F)c(NSCc3ccc(F)cc3)c(F)c2)cc2cnc(N)nc21. The molecule has 3 N–H and O–H groups in total. The maximum atomic E-state index is 14.8. The molecule has 0 saturated carbocycles. The van der Waals surface area contributed by atoms with E-state index in [4.69, 9.17) is 5.73 Å². The summed E-state index contributed by atoms with van der Waals surface area (Å²) in [7, 11) is 0. The zero-order valence-corrected chi connectivity index (χ0v) is 18.6. The molecule has 0 saturated heterocycles. The van der Waals surface area contributed by atoms with Gasteiger partial charge < -0.3 is 10.5 Å². The normalized spacial score (nSPS) is 11.3. The van der Waals surface area contributed by atoms with Crippen molar-refractivity contribution in [3.8, 4) is 11.1 Å². The number of hydrogen-bond donors (Lipinski definition) is 2. The fourth-order valence-corrected chi connectivity index (χ4v) is 4.19. The molecule has 0 bridgehead atoms. The summed E-state index contributed by atoms with van der Waals surface area (Å²) in [6, 6.07) is 9.27. The van der Waals surface area contributed by atoms with Gasteiger partial charge in [0, 0.05) is 28.9 Å². The number of benzene rings is 2. The molecule has 2 heterocycles. The molecule has 0 amide bonds. The van der Waals surface area contributed by atoms with E-state index in [0.29, 0.717) is 16.8 Å². The van der Waals surface area contributed by atoms with Crippen LogP contribution in [-0.4, -0.2) is 14.5 Å². The third-order valence-corrected chi connectivity index (χ3v) is 5.81. The van der Waals surface area contributed by atoms with Crippen molar-refractivity contribution >= 4 is 34.6 Å². The minimum Gasteiger partial charge on any atom is -0.368 e. The van der Waals surface area contributed by atoms with E-state index in [1.165, 1.54) is 29.0 Å². The van der Waals surface area contributed by atoms with Crippen LogP contribution in [0, 0.1) is 17.5 Å².